The minimum Gasteiger partial charge on any atom is -0.432 e. The molecule has 1 aromatic carbocycles. The Morgan fingerprint density at radius 3 is 2.62 bits per heavy atom. The first-order valence-corrected chi connectivity index (χ1v) is 13.3. The molecule has 0 radical (unpaired) electrons. The molecule has 0 bridgehead atoms. The number of thiazole rings is 1. The number of aliphatic hydroxyl groups excluding tert-OH is 3. The van der Waals surface area contributed by atoms with Crippen LogP contribution in [0, 0.1) is 18.7 Å². The summed E-state index contributed by atoms with van der Waals surface area (Å²) in [5.74, 6) is -1.47. The van der Waals surface area contributed by atoms with Crippen molar-refractivity contribution in [3.63, 3.8) is 0 Å². The maximum Gasteiger partial charge on any atom is 0.387 e. The van der Waals surface area contributed by atoms with E-state index in [0.29, 0.717) is 39.6 Å². The highest BCUT2D eigenvalue weighted by molar-refractivity contribution is 7.21. The highest BCUT2D eigenvalue weighted by Crippen LogP contribution is 2.38. The number of hydrogen-bond acceptors (Lipinski definition) is 11. The van der Waals surface area contributed by atoms with Gasteiger partial charge in [0.25, 0.3) is 0 Å². The Bertz CT molecular complexity index is 1480. The maximum atomic E-state index is 14.3. The molecule has 0 spiro atoms. The molecule has 0 saturated heterocycles. The Balaban J connectivity index is 1.49. The summed E-state index contributed by atoms with van der Waals surface area (Å²) in [6.07, 6.45) is 1.37. The van der Waals surface area contributed by atoms with Crippen LogP contribution in [-0.2, 0) is 0 Å². The lowest BCUT2D eigenvalue weighted by Gasteiger charge is -2.22. The number of rotatable bonds is 9. The van der Waals surface area contributed by atoms with Gasteiger partial charge in [-0.2, -0.15) is 13.8 Å². The number of nitrogens with zero attached hydrogens (tertiary/aromatic N) is 4. The largest absolute Gasteiger partial charge is 0.432 e. The molecule has 4 aromatic rings. The van der Waals surface area contributed by atoms with E-state index in [2.05, 4.69) is 35.3 Å². The van der Waals surface area contributed by atoms with E-state index in [1.807, 2.05) is 6.07 Å². The number of alkyl halides is 2. The molecular weight excluding hydrogens is 549 g/mol. The van der Waals surface area contributed by atoms with Crippen molar-refractivity contribution in [2.24, 2.45) is 5.92 Å². The molecule has 1 fully saturated rings. The van der Waals surface area contributed by atoms with Crippen LogP contribution in [0.2, 0.25) is 0 Å². The summed E-state index contributed by atoms with van der Waals surface area (Å²) < 4.78 is 44.4. The highest BCUT2D eigenvalue weighted by Gasteiger charge is 2.41. The van der Waals surface area contributed by atoms with Gasteiger partial charge in [0.15, 0.2) is 11.6 Å². The number of aromatic nitrogens is 4. The number of pyridine rings is 1. The van der Waals surface area contributed by atoms with Crippen molar-refractivity contribution < 1.29 is 33.2 Å². The first-order valence-electron chi connectivity index (χ1n) is 12.5. The topological polar surface area (TPSA) is 146 Å². The minimum absolute atomic E-state index is 0.180. The van der Waals surface area contributed by atoms with Gasteiger partial charge >= 0.3 is 6.61 Å². The van der Waals surface area contributed by atoms with Crippen LogP contribution in [-0.4, -0.2) is 66.7 Å². The molecule has 0 amide bonds. The van der Waals surface area contributed by atoms with Gasteiger partial charge in [-0.15, -0.1) is 11.3 Å². The Hall–Kier alpha value is -3.59. The SMILES string of the molecule is Cc1nc(N[C@H](C)c2ccc(OC(F)F)c(F)c2)nc(N[C@@H]2C[C@H](CO)[C@@H](O)[C@H]2O)c1-c1nc2cnccc2s1. The van der Waals surface area contributed by atoms with Crippen molar-refractivity contribution in [2.75, 3.05) is 17.2 Å². The van der Waals surface area contributed by atoms with Crippen LogP contribution in [0.3, 0.4) is 0 Å². The number of anilines is 2. The van der Waals surface area contributed by atoms with Gasteiger partial charge in [-0.3, -0.25) is 4.98 Å². The summed E-state index contributed by atoms with van der Waals surface area (Å²) in [6, 6.07) is 4.38. The van der Waals surface area contributed by atoms with E-state index < -0.39 is 48.4 Å². The number of aliphatic hydroxyl groups is 3. The Labute approximate surface area is 230 Å². The first-order chi connectivity index (χ1) is 19.1. The number of halogens is 3. The van der Waals surface area contributed by atoms with Crippen molar-refractivity contribution in [3.8, 4) is 16.3 Å². The van der Waals surface area contributed by atoms with Crippen LogP contribution in [0.1, 0.15) is 30.6 Å². The number of ether oxygens (including phenoxy) is 1. The Kier molecular flexibility index (Phi) is 8.03. The van der Waals surface area contributed by atoms with Crippen molar-refractivity contribution >= 4 is 33.3 Å². The summed E-state index contributed by atoms with van der Waals surface area (Å²) in [5, 5.41) is 37.5. The molecule has 212 valence electrons. The van der Waals surface area contributed by atoms with Crippen molar-refractivity contribution in [3.05, 3.63) is 53.7 Å². The van der Waals surface area contributed by atoms with Gasteiger partial charge in [0.1, 0.15) is 22.4 Å². The third-order valence-electron chi connectivity index (χ3n) is 6.87. The lowest BCUT2D eigenvalue weighted by molar-refractivity contribution is -0.0522. The van der Waals surface area contributed by atoms with E-state index in [9.17, 15) is 28.5 Å². The second-order valence-corrected chi connectivity index (χ2v) is 10.6. The van der Waals surface area contributed by atoms with E-state index in [0.717, 1.165) is 16.8 Å². The number of fused-ring (bicyclic) bond motifs is 1. The fourth-order valence-electron chi connectivity index (χ4n) is 4.76. The molecule has 1 aliphatic rings. The fraction of sp³-hybridized carbons (Fsp3) is 0.385. The van der Waals surface area contributed by atoms with Crippen molar-refractivity contribution in [1.82, 2.24) is 19.9 Å². The number of hydrogen-bond donors (Lipinski definition) is 5. The van der Waals surface area contributed by atoms with E-state index in [1.165, 1.54) is 17.4 Å². The average molecular weight is 577 g/mol. The smallest absolute Gasteiger partial charge is 0.387 e. The lowest BCUT2D eigenvalue weighted by atomic mass is 10.1. The lowest BCUT2D eigenvalue weighted by Crippen LogP contribution is -2.35. The molecule has 1 aliphatic carbocycles. The van der Waals surface area contributed by atoms with E-state index >= 15 is 0 Å². The van der Waals surface area contributed by atoms with Gasteiger partial charge in [0.05, 0.1) is 40.3 Å². The van der Waals surface area contributed by atoms with Crippen LogP contribution in [0.25, 0.3) is 20.8 Å². The molecule has 5 N–H and O–H groups in total. The maximum absolute atomic E-state index is 14.3. The zero-order chi connectivity index (χ0) is 28.6. The molecule has 5 atom stereocenters. The van der Waals surface area contributed by atoms with Crippen molar-refractivity contribution in [2.45, 2.75) is 51.2 Å². The normalized spacial score (nSPS) is 21.6. The third kappa shape index (κ3) is 5.66. The average Bonchev–Trinajstić information content (AvgIpc) is 3.45. The third-order valence-corrected chi connectivity index (χ3v) is 7.92. The Morgan fingerprint density at radius 2 is 1.95 bits per heavy atom. The molecule has 0 aliphatic heterocycles. The second-order valence-electron chi connectivity index (χ2n) is 9.56. The first kappa shape index (κ1) is 28.0. The fourth-order valence-corrected chi connectivity index (χ4v) is 5.79. The van der Waals surface area contributed by atoms with Crippen LogP contribution in [0.4, 0.5) is 24.9 Å². The molecule has 1 saturated carbocycles. The summed E-state index contributed by atoms with van der Waals surface area (Å²) in [5.41, 5.74) is 2.28. The molecule has 14 heteroatoms. The summed E-state index contributed by atoms with van der Waals surface area (Å²) in [7, 11) is 0. The highest BCUT2D eigenvalue weighted by atomic mass is 32.1. The molecule has 0 unspecified atom stereocenters. The summed E-state index contributed by atoms with van der Waals surface area (Å²) >= 11 is 1.42. The van der Waals surface area contributed by atoms with Crippen LogP contribution in [0.5, 0.6) is 5.75 Å². The van der Waals surface area contributed by atoms with Gasteiger partial charge in [-0.1, -0.05) is 6.07 Å². The number of aryl methyl sites for hydroxylation is 1. The summed E-state index contributed by atoms with van der Waals surface area (Å²) in [6.45, 7) is 0.0787. The van der Waals surface area contributed by atoms with Gasteiger partial charge in [0, 0.05) is 18.7 Å². The molecular formula is C26H27F3N6O4S. The molecule has 10 nitrogen and oxygen atoms in total. The van der Waals surface area contributed by atoms with Gasteiger partial charge in [-0.05, 0) is 44.0 Å². The van der Waals surface area contributed by atoms with E-state index in [-0.39, 0.29) is 12.6 Å². The monoisotopic (exact) mass is 576 g/mol. The predicted molar refractivity (Wildman–Crippen MR) is 143 cm³/mol. The predicted octanol–water partition coefficient (Wildman–Crippen LogP) is 3.88. The zero-order valence-electron chi connectivity index (χ0n) is 21.4. The number of benzene rings is 1. The van der Waals surface area contributed by atoms with E-state index in [1.54, 1.807) is 26.2 Å². The molecule has 5 rings (SSSR count). The van der Waals surface area contributed by atoms with Gasteiger partial charge in [-0.25, -0.2) is 14.4 Å². The van der Waals surface area contributed by atoms with Crippen LogP contribution in [0.15, 0.2) is 36.7 Å². The van der Waals surface area contributed by atoms with E-state index in [4.69, 9.17) is 0 Å². The molecule has 3 heterocycles. The standard InChI is InChI=1S/C26H27F3N6O4S/c1-11(13-3-4-18(15(27)7-13)39-25(28)29)31-26-32-12(2)20(24-34-17-9-30-6-5-19(17)40-24)23(35-26)33-16-8-14(10-36)21(37)22(16)38/h3-7,9,11,14,16,21-22,25,36-38H,8,10H2,1-2H3,(H2,31,32,33,35)/t11-,14-,16-,21-,22+/m1/s1. The molecule has 40 heavy (non-hydrogen) atoms. The molecule has 3 aromatic heterocycles. The zero-order valence-corrected chi connectivity index (χ0v) is 22.2. The van der Waals surface area contributed by atoms with Crippen LogP contribution >= 0.6 is 11.3 Å². The quantitative estimate of drug-likeness (QED) is 0.199. The second kappa shape index (κ2) is 11.5. The summed E-state index contributed by atoms with van der Waals surface area (Å²) in [4.78, 5) is 18.0. The number of nitrogens with one attached hydrogen (secondary N) is 2. The van der Waals surface area contributed by atoms with Gasteiger partial charge in [0.2, 0.25) is 5.95 Å². The minimum atomic E-state index is -3.14. The van der Waals surface area contributed by atoms with Gasteiger partial charge < -0.3 is 30.7 Å². The van der Waals surface area contributed by atoms with Crippen LogP contribution < -0.4 is 15.4 Å². The van der Waals surface area contributed by atoms with Crippen molar-refractivity contribution in [1.29, 1.82) is 0 Å². The Morgan fingerprint density at radius 1 is 1.15 bits per heavy atom.